The maximum absolute atomic E-state index is 12.3. The van der Waals surface area contributed by atoms with Gasteiger partial charge in [0.05, 0.1) is 10.6 Å². The Bertz CT molecular complexity index is 971. The van der Waals surface area contributed by atoms with Gasteiger partial charge in [0, 0.05) is 17.5 Å². The molecule has 3 rings (SSSR count). The molecule has 0 aliphatic carbocycles. The number of aromatic nitrogens is 1. The van der Waals surface area contributed by atoms with Gasteiger partial charge in [-0.05, 0) is 30.7 Å². The van der Waals surface area contributed by atoms with Crippen molar-refractivity contribution in [1.82, 2.24) is 4.98 Å². The van der Waals surface area contributed by atoms with Gasteiger partial charge in [-0.15, -0.1) is 11.3 Å². The summed E-state index contributed by atoms with van der Waals surface area (Å²) in [5, 5.41) is 4.84. The molecule has 1 heterocycles. The summed E-state index contributed by atoms with van der Waals surface area (Å²) in [6.07, 6.45) is 0.700. The Morgan fingerprint density at radius 1 is 1.00 bits per heavy atom. The predicted molar refractivity (Wildman–Crippen MR) is 103 cm³/mol. The van der Waals surface area contributed by atoms with Crippen LogP contribution in [0.15, 0.2) is 70.9 Å². The Kier molecular flexibility index (Phi) is 5.65. The molecule has 0 fully saturated rings. The zero-order chi connectivity index (χ0) is 18.4. The van der Waals surface area contributed by atoms with Gasteiger partial charge < -0.3 is 5.32 Å². The highest BCUT2D eigenvalue weighted by atomic mass is 32.2. The van der Waals surface area contributed by atoms with Crippen molar-refractivity contribution in [3.63, 3.8) is 0 Å². The zero-order valence-corrected chi connectivity index (χ0v) is 15.4. The number of para-hydroxylation sites is 1. The molecule has 26 heavy (non-hydrogen) atoms. The molecule has 0 saturated carbocycles. The van der Waals surface area contributed by atoms with E-state index in [1.165, 1.54) is 23.5 Å². The van der Waals surface area contributed by atoms with Crippen molar-refractivity contribution in [2.75, 3.05) is 10.0 Å². The zero-order valence-electron chi connectivity index (χ0n) is 13.8. The van der Waals surface area contributed by atoms with Gasteiger partial charge in [0.15, 0.2) is 5.13 Å². The fourth-order valence-electron chi connectivity index (χ4n) is 2.23. The first-order valence-electron chi connectivity index (χ1n) is 7.90. The molecule has 134 valence electrons. The van der Waals surface area contributed by atoms with Gasteiger partial charge in [0.25, 0.3) is 10.0 Å². The number of sulfonamides is 1. The standard InChI is InChI=1S/C18H17N3O3S2/c22-17(19-14-7-3-1-4-8-14)12-11-15-13-25-18(20-15)21-26(23,24)16-9-5-2-6-10-16/h1-10,13H,11-12H2,(H,19,22)(H,20,21). The van der Waals surface area contributed by atoms with Crippen molar-refractivity contribution in [2.45, 2.75) is 17.7 Å². The number of nitrogens with one attached hydrogen (secondary N) is 2. The van der Waals surface area contributed by atoms with E-state index >= 15 is 0 Å². The van der Waals surface area contributed by atoms with Gasteiger partial charge in [0.2, 0.25) is 5.91 Å². The Balaban J connectivity index is 1.56. The molecular weight excluding hydrogens is 370 g/mol. The summed E-state index contributed by atoms with van der Waals surface area (Å²) >= 11 is 1.19. The number of rotatable bonds is 7. The quantitative estimate of drug-likeness (QED) is 0.649. The number of carbonyl (C=O) groups excluding carboxylic acids is 1. The lowest BCUT2D eigenvalue weighted by atomic mass is 10.2. The van der Waals surface area contributed by atoms with Crippen molar-refractivity contribution >= 4 is 38.1 Å². The summed E-state index contributed by atoms with van der Waals surface area (Å²) in [6.45, 7) is 0. The molecule has 3 aromatic rings. The minimum atomic E-state index is -3.65. The van der Waals surface area contributed by atoms with E-state index in [-0.39, 0.29) is 22.4 Å². The highest BCUT2D eigenvalue weighted by molar-refractivity contribution is 7.93. The smallest absolute Gasteiger partial charge is 0.263 e. The van der Waals surface area contributed by atoms with Crippen LogP contribution in [0.3, 0.4) is 0 Å². The lowest BCUT2D eigenvalue weighted by molar-refractivity contribution is -0.116. The SMILES string of the molecule is O=C(CCc1csc(NS(=O)(=O)c2ccccc2)n1)Nc1ccccc1. The first-order chi connectivity index (χ1) is 12.5. The average Bonchev–Trinajstić information content (AvgIpc) is 3.08. The van der Waals surface area contributed by atoms with Crippen LogP contribution in [0.4, 0.5) is 10.8 Å². The number of benzene rings is 2. The minimum Gasteiger partial charge on any atom is -0.326 e. The first-order valence-corrected chi connectivity index (χ1v) is 10.3. The molecule has 6 nitrogen and oxygen atoms in total. The van der Waals surface area contributed by atoms with E-state index in [9.17, 15) is 13.2 Å². The van der Waals surface area contributed by atoms with Crippen molar-refractivity contribution in [3.8, 4) is 0 Å². The Hall–Kier alpha value is -2.71. The molecule has 0 unspecified atom stereocenters. The lowest BCUT2D eigenvalue weighted by Crippen LogP contribution is -2.13. The van der Waals surface area contributed by atoms with Crippen LogP contribution in [0.25, 0.3) is 0 Å². The summed E-state index contributed by atoms with van der Waals surface area (Å²) in [4.78, 5) is 16.4. The van der Waals surface area contributed by atoms with Crippen molar-refractivity contribution in [1.29, 1.82) is 0 Å². The van der Waals surface area contributed by atoms with E-state index in [0.29, 0.717) is 12.1 Å². The van der Waals surface area contributed by atoms with Gasteiger partial charge in [-0.1, -0.05) is 36.4 Å². The highest BCUT2D eigenvalue weighted by Gasteiger charge is 2.15. The molecule has 0 radical (unpaired) electrons. The fraction of sp³-hybridized carbons (Fsp3) is 0.111. The Morgan fingerprint density at radius 2 is 1.65 bits per heavy atom. The van der Waals surface area contributed by atoms with Crippen LogP contribution >= 0.6 is 11.3 Å². The number of anilines is 2. The normalized spacial score (nSPS) is 11.1. The summed E-state index contributed by atoms with van der Waals surface area (Å²) < 4.78 is 27.0. The number of amides is 1. The molecule has 0 atom stereocenters. The molecule has 2 aromatic carbocycles. The highest BCUT2D eigenvalue weighted by Crippen LogP contribution is 2.21. The van der Waals surface area contributed by atoms with Crippen LogP contribution in [-0.2, 0) is 21.2 Å². The van der Waals surface area contributed by atoms with Crippen molar-refractivity contribution < 1.29 is 13.2 Å². The molecule has 1 aromatic heterocycles. The molecular formula is C18H17N3O3S2. The Morgan fingerprint density at radius 3 is 2.35 bits per heavy atom. The molecule has 0 bridgehead atoms. The molecule has 8 heteroatoms. The third-order valence-electron chi connectivity index (χ3n) is 3.49. The van der Waals surface area contributed by atoms with E-state index in [0.717, 1.165) is 5.69 Å². The predicted octanol–water partition coefficient (Wildman–Crippen LogP) is 3.52. The van der Waals surface area contributed by atoms with E-state index in [1.807, 2.05) is 30.3 Å². The molecule has 2 N–H and O–H groups in total. The molecule has 0 aliphatic heterocycles. The van der Waals surface area contributed by atoms with E-state index in [4.69, 9.17) is 0 Å². The monoisotopic (exact) mass is 387 g/mol. The number of hydrogen-bond acceptors (Lipinski definition) is 5. The fourth-order valence-corrected chi connectivity index (χ4v) is 4.25. The second-order valence-corrected chi connectivity index (χ2v) is 8.02. The second-order valence-electron chi connectivity index (χ2n) is 5.48. The van der Waals surface area contributed by atoms with Crippen LogP contribution in [-0.4, -0.2) is 19.3 Å². The van der Waals surface area contributed by atoms with Gasteiger partial charge in [-0.3, -0.25) is 9.52 Å². The maximum atomic E-state index is 12.3. The van der Waals surface area contributed by atoms with Crippen LogP contribution < -0.4 is 10.0 Å². The molecule has 0 saturated heterocycles. The largest absolute Gasteiger partial charge is 0.326 e. The lowest BCUT2D eigenvalue weighted by Gasteiger charge is -2.05. The maximum Gasteiger partial charge on any atom is 0.263 e. The van der Waals surface area contributed by atoms with Gasteiger partial charge in [-0.25, -0.2) is 13.4 Å². The number of nitrogens with zero attached hydrogens (tertiary/aromatic N) is 1. The summed E-state index contributed by atoms with van der Waals surface area (Å²) in [7, 11) is -3.65. The van der Waals surface area contributed by atoms with Crippen LogP contribution in [0.2, 0.25) is 0 Å². The van der Waals surface area contributed by atoms with Crippen molar-refractivity contribution in [3.05, 3.63) is 71.7 Å². The van der Waals surface area contributed by atoms with Gasteiger partial charge in [0.1, 0.15) is 0 Å². The van der Waals surface area contributed by atoms with E-state index in [1.54, 1.807) is 23.6 Å². The van der Waals surface area contributed by atoms with Gasteiger partial charge >= 0.3 is 0 Å². The summed E-state index contributed by atoms with van der Waals surface area (Å²) in [6, 6.07) is 17.3. The second kappa shape index (κ2) is 8.11. The van der Waals surface area contributed by atoms with Crippen molar-refractivity contribution in [2.24, 2.45) is 0 Å². The van der Waals surface area contributed by atoms with Crippen LogP contribution in [0, 0.1) is 0 Å². The number of hydrogen-bond donors (Lipinski definition) is 2. The van der Waals surface area contributed by atoms with Crippen LogP contribution in [0.1, 0.15) is 12.1 Å². The third kappa shape index (κ3) is 4.90. The van der Waals surface area contributed by atoms with E-state index < -0.39 is 10.0 Å². The third-order valence-corrected chi connectivity index (χ3v) is 5.78. The average molecular weight is 387 g/mol. The Labute approximate surface area is 156 Å². The minimum absolute atomic E-state index is 0.115. The molecule has 0 spiro atoms. The first kappa shape index (κ1) is 18.1. The number of aryl methyl sites for hydroxylation is 1. The number of thiazole rings is 1. The summed E-state index contributed by atoms with van der Waals surface area (Å²) in [5.41, 5.74) is 1.41. The summed E-state index contributed by atoms with van der Waals surface area (Å²) in [5.74, 6) is -0.115. The van der Waals surface area contributed by atoms with E-state index in [2.05, 4.69) is 15.0 Å². The van der Waals surface area contributed by atoms with Crippen LogP contribution in [0.5, 0.6) is 0 Å². The number of carbonyl (C=O) groups is 1. The molecule has 1 amide bonds. The molecule has 0 aliphatic rings. The topological polar surface area (TPSA) is 88.2 Å². The van der Waals surface area contributed by atoms with Gasteiger partial charge in [-0.2, -0.15) is 0 Å².